The summed E-state index contributed by atoms with van der Waals surface area (Å²) in [6, 6.07) is 8.42. The molecule has 2 rings (SSSR count). The van der Waals surface area contributed by atoms with Gasteiger partial charge in [0.15, 0.2) is 10.8 Å². The van der Waals surface area contributed by atoms with Crippen LogP contribution >= 0.6 is 11.3 Å². The van der Waals surface area contributed by atoms with Crippen LogP contribution in [0.3, 0.4) is 0 Å². The molecule has 1 aromatic carbocycles. The zero-order valence-electron chi connectivity index (χ0n) is 17.0. The third-order valence-corrected chi connectivity index (χ3v) is 4.67. The van der Waals surface area contributed by atoms with Crippen LogP contribution in [0.2, 0.25) is 0 Å². The molecule has 2 aromatic rings. The molecule has 2 amide bonds. The van der Waals surface area contributed by atoms with Gasteiger partial charge < -0.3 is 20.1 Å². The van der Waals surface area contributed by atoms with E-state index in [0.29, 0.717) is 0 Å². The predicted molar refractivity (Wildman–Crippen MR) is 110 cm³/mol. The molecular formula is C20H25N3O5S. The van der Waals surface area contributed by atoms with E-state index in [1.165, 1.54) is 12.5 Å². The molecule has 2 atom stereocenters. The van der Waals surface area contributed by atoms with E-state index in [4.69, 9.17) is 4.74 Å². The van der Waals surface area contributed by atoms with Gasteiger partial charge in [0.25, 0.3) is 0 Å². The van der Waals surface area contributed by atoms with Crippen molar-refractivity contribution in [1.29, 1.82) is 0 Å². The third-order valence-electron chi connectivity index (χ3n) is 3.91. The van der Waals surface area contributed by atoms with Gasteiger partial charge in [-0.2, -0.15) is 0 Å². The van der Waals surface area contributed by atoms with E-state index in [1.807, 2.05) is 37.3 Å². The number of hydrogen-bond acceptors (Lipinski definition) is 7. The van der Waals surface area contributed by atoms with Crippen LogP contribution in [0.25, 0.3) is 0 Å². The molecule has 8 nitrogen and oxygen atoms in total. The number of carbonyl (C=O) groups is 3. The van der Waals surface area contributed by atoms with Gasteiger partial charge in [-0.15, -0.1) is 11.3 Å². The summed E-state index contributed by atoms with van der Waals surface area (Å²) < 4.78 is 9.92. The van der Waals surface area contributed by atoms with Crippen molar-refractivity contribution in [1.82, 2.24) is 10.3 Å². The molecule has 2 N–H and O–H groups in total. The lowest BCUT2D eigenvalue weighted by molar-refractivity contribution is -0.118. The van der Waals surface area contributed by atoms with Crippen molar-refractivity contribution in [3.63, 3.8) is 0 Å². The number of esters is 1. The molecule has 0 bridgehead atoms. The van der Waals surface area contributed by atoms with Crippen LogP contribution < -0.4 is 10.6 Å². The lowest BCUT2D eigenvalue weighted by Crippen LogP contribution is -2.48. The largest absolute Gasteiger partial charge is 0.464 e. The van der Waals surface area contributed by atoms with Gasteiger partial charge in [0, 0.05) is 11.3 Å². The zero-order valence-corrected chi connectivity index (χ0v) is 17.8. The van der Waals surface area contributed by atoms with Gasteiger partial charge in [0.1, 0.15) is 11.6 Å². The molecule has 0 spiro atoms. The van der Waals surface area contributed by atoms with Crippen molar-refractivity contribution >= 4 is 34.4 Å². The number of aromatic nitrogens is 1. The third kappa shape index (κ3) is 6.56. The Morgan fingerprint density at radius 1 is 1.14 bits per heavy atom. The number of thiazole rings is 1. The van der Waals surface area contributed by atoms with Crippen molar-refractivity contribution < 1.29 is 23.9 Å². The zero-order chi connectivity index (χ0) is 21.6. The standard InChI is InChI=1S/C20H25N3O5S/c1-12(13-9-7-6-8-10-13)15(22-19(26)28-20(2,3)4)16(24)23-18-21-14(11-29-18)17(25)27-5/h6-12,15H,1-5H3,(H,22,26)(H,21,23,24)/t12-,15-/m0/s1. The predicted octanol–water partition coefficient (Wildman–Crippen LogP) is 3.57. The minimum atomic E-state index is -0.919. The van der Waals surface area contributed by atoms with Crippen molar-refractivity contribution in [3.8, 4) is 0 Å². The fourth-order valence-corrected chi connectivity index (χ4v) is 3.20. The molecule has 0 fully saturated rings. The number of methoxy groups -OCH3 is 1. The van der Waals surface area contributed by atoms with Crippen LogP contribution in [-0.4, -0.2) is 41.7 Å². The van der Waals surface area contributed by atoms with Crippen LogP contribution in [0.15, 0.2) is 35.7 Å². The Labute approximate surface area is 173 Å². The monoisotopic (exact) mass is 419 g/mol. The number of nitrogens with zero attached hydrogens (tertiary/aromatic N) is 1. The van der Waals surface area contributed by atoms with E-state index in [2.05, 4.69) is 20.4 Å². The van der Waals surface area contributed by atoms with Gasteiger partial charge in [-0.25, -0.2) is 14.6 Å². The molecule has 29 heavy (non-hydrogen) atoms. The summed E-state index contributed by atoms with van der Waals surface area (Å²) in [4.78, 5) is 40.8. The van der Waals surface area contributed by atoms with Crippen LogP contribution in [0.5, 0.6) is 0 Å². The summed E-state index contributed by atoms with van der Waals surface area (Å²) in [5, 5.41) is 7.01. The van der Waals surface area contributed by atoms with Gasteiger partial charge in [0.2, 0.25) is 5.91 Å². The summed E-state index contributed by atoms with van der Waals surface area (Å²) in [7, 11) is 1.25. The molecule has 0 aliphatic heterocycles. The van der Waals surface area contributed by atoms with E-state index < -0.39 is 29.6 Å². The first-order valence-corrected chi connectivity index (χ1v) is 9.88. The number of amides is 2. The van der Waals surface area contributed by atoms with E-state index in [9.17, 15) is 14.4 Å². The highest BCUT2D eigenvalue weighted by atomic mass is 32.1. The Morgan fingerprint density at radius 2 is 1.79 bits per heavy atom. The molecule has 0 unspecified atom stereocenters. The van der Waals surface area contributed by atoms with Crippen LogP contribution in [0, 0.1) is 0 Å². The second-order valence-corrected chi connectivity index (χ2v) is 8.20. The van der Waals surface area contributed by atoms with E-state index in [0.717, 1.165) is 16.9 Å². The Bertz CT molecular complexity index is 861. The number of nitrogens with one attached hydrogen (secondary N) is 2. The second kappa shape index (κ2) is 9.51. The number of rotatable bonds is 6. The lowest BCUT2D eigenvalue weighted by atomic mass is 9.93. The van der Waals surface area contributed by atoms with E-state index in [1.54, 1.807) is 20.8 Å². The Kier molecular flexibility index (Phi) is 7.33. The fraction of sp³-hybridized carbons (Fsp3) is 0.400. The van der Waals surface area contributed by atoms with Crippen LogP contribution in [-0.2, 0) is 14.3 Å². The maximum Gasteiger partial charge on any atom is 0.408 e. The normalized spacial score (nSPS) is 13.1. The topological polar surface area (TPSA) is 107 Å². The van der Waals surface area contributed by atoms with E-state index in [-0.39, 0.29) is 16.7 Å². The van der Waals surface area contributed by atoms with Crippen molar-refractivity contribution in [2.24, 2.45) is 0 Å². The molecule has 9 heteroatoms. The molecule has 1 heterocycles. The maximum atomic E-state index is 12.9. The highest BCUT2D eigenvalue weighted by Gasteiger charge is 2.30. The highest BCUT2D eigenvalue weighted by Crippen LogP contribution is 2.22. The highest BCUT2D eigenvalue weighted by molar-refractivity contribution is 7.14. The van der Waals surface area contributed by atoms with Crippen LogP contribution in [0.4, 0.5) is 9.93 Å². The average Bonchev–Trinajstić information content (AvgIpc) is 3.12. The number of alkyl carbamates (subject to hydrolysis) is 1. The molecule has 156 valence electrons. The summed E-state index contributed by atoms with van der Waals surface area (Å²) in [5.41, 5.74) is 0.268. The van der Waals surface area contributed by atoms with Crippen molar-refractivity contribution in [3.05, 3.63) is 47.0 Å². The van der Waals surface area contributed by atoms with Gasteiger partial charge in [0.05, 0.1) is 7.11 Å². The number of carbonyl (C=O) groups excluding carboxylic acids is 3. The minimum absolute atomic E-state index is 0.0977. The summed E-state index contributed by atoms with van der Waals surface area (Å²) in [5.74, 6) is -1.41. The number of benzene rings is 1. The molecule has 0 aliphatic carbocycles. The molecule has 0 saturated carbocycles. The van der Waals surface area contributed by atoms with Crippen LogP contribution in [0.1, 0.15) is 49.7 Å². The number of ether oxygens (including phenoxy) is 2. The Morgan fingerprint density at radius 3 is 2.38 bits per heavy atom. The van der Waals surface area contributed by atoms with E-state index >= 15 is 0 Å². The Balaban J connectivity index is 2.21. The van der Waals surface area contributed by atoms with Crippen molar-refractivity contribution in [2.45, 2.75) is 45.3 Å². The second-order valence-electron chi connectivity index (χ2n) is 7.34. The lowest BCUT2D eigenvalue weighted by Gasteiger charge is -2.26. The molecule has 0 aliphatic rings. The summed E-state index contributed by atoms with van der Waals surface area (Å²) in [6.07, 6.45) is -0.699. The molecule has 1 aromatic heterocycles. The maximum absolute atomic E-state index is 12.9. The molecule has 0 saturated heterocycles. The minimum Gasteiger partial charge on any atom is -0.464 e. The molecular weight excluding hydrogens is 394 g/mol. The average molecular weight is 420 g/mol. The van der Waals surface area contributed by atoms with Gasteiger partial charge in [-0.3, -0.25) is 4.79 Å². The van der Waals surface area contributed by atoms with Crippen molar-refractivity contribution in [2.75, 3.05) is 12.4 Å². The summed E-state index contributed by atoms with van der Waals surface area (Å²) >= 11 is 1.09. The first kappa shape index (κ1) is 22.4. The van der Waals surface area contributed by atoms with Gasteiger partial charge in [-0.05, 0) is 26.3 Å². The summed E-state index contributed by atoms with van der Waals surface area (Å²) in [6.45, 7) is 7.06. The van der Waals surface area contributed by atoms with Gasteiger partial charge in [-0.1, -0.05) is 37.3 Å². The first-order chi connectivity index (χ1) is 13.6. The quantitative estimate of drug-likeness (QED) is 0.694. The Hall–Kier alpha value is -2.94. The number of hydrogen-bond donors (Lipinski definition) is 2. The number of anilines is 1. The first-order valence-electron chi connectivity index (χ1n) is 9.00. The fourth-order valence-electron chi connectivity index (χ4n) is 2.51. The SMILES string of the molecule is COC(=O)c1csc(NC(=O)[C@@H](NC(=O)OC(C)(C)C)[C@@H](C)c2ccccc2)n1. The smallest absolute Gasteiger partial charge is 0.408 e. The molecule has 0 radical (unpaired) electrons. The van der Waals surface area contributed by atoms with Gasteiger partial charge >= 0.3 is 12.1 Å².